The molecular formula is C23H28N6O2. The summed E-state index contributed by atoms with van der Waals surface area (Å²) in [6.45, 7) is 4.26. The molecule has 1 N–H and O–H groups in total. The fourth-order valence-corrected chi connectivity index (χ4v) is 3.81. The average molecular weight is 421 g/mol. The minimum absolute atomic E-state index is 0.195. The molecule has 0 atom stereocenters. The lowest BCUT2D eigenvalue weighted by Crippen LogP contribution is -2.32. The van der Waals surface area contributed by atoms with E-state index < -0.39 is 0 Å². The second-order valence-electron chi connectivity index (χ2n) is 7.80. The molecule has 0 bridgehead atoms. The Balaban J connectivity index is 1.47. The van der Waals surface area contributed by atoms with Gasteiger partial charge >= 0.3 is 0 Å². The van der Waals surface area contributed by atoms with Gasteiger partial charge in [0.05, 0.1) is 25.0 Å². The molecule has 0 radical (unpaired) electrons. The molecule has 1 aliphatic heterocycles. The largest absolute Gasteiger partial charge is 0.497 e. The number of hydrogen-bond donors (Lipinski definition) is 1. The molecule has 1 aromatic carbocycles. The van der Waals surface area contributed by atoms with Gasteiger partial charge in [-0.15, -0.1) is 0 Å². The number of carbonyl (C=O) groups is 1. The molecule has 1 aliphatic rings. The molecule has 2 aromatic heterocycles. The molecule has 31 heavy (non-hydrogen) atoms. The second kappa shape index (κ2) is 9.16. The van der Waals surface area contributed by atoms with Crippen molar-refractivity contribution in [1.29, 1.82) is 0 Å². The van der Waals surface area contributed by atoms with Crippen LogP contribution in [0.25, 0.3) is 11.3 Å². The number of nitrogens with zero attached hydrogens (tertiary/aromatic N) is 5. The minimum atomic E-state index is -0.195. The van der Waals surface area contributed by atoms with Gasteiger partial charge in [0.1, 0.15) is 11.4 Å². The van der Waals surface area contributed by atoms with Crippen LogP contribution in [-0.4, -0.2) is 45.9 Å². The van der Waals surface area contributed by atoms with Gasteiger partial charge in [-0.1, -0.05) is 12.1 Å². The van der Waals surface area contributed by atoms with Crippen molar-refractivity contribution in [2.75, 3.05) is 25.1 Å². The van der Waals surface area contributed by atoms with Crippen LogP contribution in [0.4, 0.5) is 5.95 Å². The Morgan fingerprint density at radius 3 is 2.71 bits per heavy atom. The van der Waals surface area contributed by atoms with Gasteiger partial charge in [0.25, 0.3) is 5.91 Å². The first-order valence-electron chi connectivity index (χ1n) is 10.6. The monoisotopic (exact) mass is 420 g/mol. The van der Waals surface area contributed by atoms with Gasteiger partial charge in [0.15, 0.2) is 0 Å². The number of nitrogens with one attached hydrogen (secondary N) is 1. The van der Waals surface area contributed by atoms with Crippen LogP contribution in [0.15, 0.2) is 36.4 Å². The van der Waals surface area contributed by atoms with Crippen LogP contribution in [-0.2, 0) is 13.6 Å². The number of piperidine rings is 1. The van der Waals surface area contributed by atoms with Crippen LogP contribution in [0.3, 0.4) is 0 Å². The SMILES string of the molecule is COc1cccc(-c2cc(C(=O)NCc3cc(C)nc(N4CCCCC4)n3)n(C)n2)c1. The van der Waals surface area contributed by atoms with Gasteiger partial charge in [-0.05, 0) is 50.5 Å². The molecule has 1 amide bonds. The van der Waals surface area contributed by atoms with E-state index in [4.69, 9.17) is 4.74 Å². The van der Waals surface area contributed by atoms with E-state index in [2.05, 4.69) is 25.3 Å². The van der Waals surface area contributed by atoms with Crippen LogP contribution in [0.5, 0.6) is 5.75 Å². The number of anilines is 1. The Bertz CT molecular complexity index is 1070. The second-order valence-corrected chi connectivity index (χ2v) is 7.80. The van der Waals surface area contributed by atoms with Crippen molar-refractivity contribution in [2.24, 2.45) is 7.05 Å². The van der Waals surface area contributed by atoms with E-state index in [1.807, 2.05) is 37.3 Å². The highest BCUT2D eigenvalue weighted by Crippen LogP contribution is 2.23. The lowest BCUT2D eigenvalue weighted by atomic mass is 10.1. The molecule has 0 unspecified atom stereocenters. The summed E-state index contributed by atoms with van der Waals surface area (Å²) in [6.07, 6.45) is 3.59. The molecule has 162 valence electrons. The van der Waals surface area contributed by atoms with Crippen LogP contribution in [0.2, 0.25) is 0 Å². The zero-order chi connectivity index (χ0) is 21.8. The molecule has 4 rings (SSSR count). The van der Waals surface area contributed by atoms with E-state index in [0.717, 1.165) is 47.4 Å². The molecule has 1 fully saturated rings. The number of benzene rings is 1. The maximum Gasteiger partial charge on any atom is 0.269 e. The van der Waals surface area contributed by atoms with E-state index >= 15 is 0 Å². The molecule has 0 saturated carbocycles. The quantitative estimate of drug-likeness (QED) is 0.660. The fraction of sp³-hybridized carbons (Fsp3) is 0.391. The maximum atomic E-state index is 12.8. The molecule has 3 aromatic rings. The number of carbonyl (C=O) groups excluding carboxylic acids is 1. The Morgan fingerprint density at radius 1 is 1.13 bits per heavy atom. The summed E-state index contributed by atoms with van der Waals surface area (Å²) in [7, 11) is 3.39. The highest BCUT2D eigenvalue weighted by molar-refractivity contribution is 5.93. The zero-order valence-corrected chi connectivity index (χ0v) is 18.3. The van der Waals surface area contributed by atoms with E-state index in [1.165, 1.54) is 19.3 Å². The Labute approximate surface area is 182 Å². The highest BCUT2D eigenvalue weighted by Gasteiger charge is 2.17. The minimum Gasteiger partial charge on any atom is -0.497 e. The summed E-state index contributed by atoms with van der Waals surface area (Å²) in [4.78, 5) is 24.3. The fourth-order valence-electron chi connectivity index (χ4n) is 3.81. The van der Waals surface area contributed by atoms with Crippen LogP contribution in [0.1, 0.15) is 41.1 Å². The smallest absolute Gasteiger partial charge is 0.269 e. The number of amides is 1. The number of aryl methyl sites for hydroxylation is 2. The third-order valence-electron chi connectivity index (χ3n) is 5.44. The third-order valence-corrected chi connectivity index (χ3v) is 5.44. The first-order chi connectivity index (χ1) is 15.0. The lowest BCUT2D eigenvalue weighted by Gasteiger charge is -2.27. The maximum absolute atomic E-state index is 12.8. The highest BCUT2D eigenvalue weighted by atomic mass is 16.5. The van der Waals surface area contributed by atoms with Crippen molar-refractivity contribution in [3.8, 4) is 17.0 Å². The standard InChI is InChI=1S/C23H28N6O2/c1-16-12-18(26-23(25-16)29-10-5-4-6-11-29)15-24-22(30)21-14-20(27-28(21)2)17-8-7-9-19(13-17)31-3/h7-9,12-14H,4-6,10-11,15H2,1-3H3,(H,24,30). The summed E-state index contributed by atoms with van der Waals surface area (Å²) >= 11 is 0. The summed E-state index contributed by atoms with van der Waals surface area (Å²) in [6, 6.07) is 11.3. The first kappa shape index (κ1) is 20.8. The van der Waals surface area contributed by atoms with E-state index in [9.17, 15) is 4.79 Å². The number of hydrogen-bond acceptors (Lipinski definition) is 6. The Hall–Kier alpha value is -3.42. The van der Waals surface area contributed by atoms with E-state index in [0.29, 0.717) is 12.2 Å². The Kier molecular flexibility index (Phi) is 6.16. The molecule has 0 aliphatic carbocycles. The van der Waals surface area contributed by atoms with Crippen molar-refractivity contribution >= 4 is 11.9 Å². The van der Waals surface area contributed by atoms with E-state index in [1.54, 1.807) is 24.9 Å². The lowest BCUT2D eigenvalue weighted by molar-refractivity contribution is 0.0941. The summed E-state index contributed by atoms with van der Waals surface area (Å²) in [5, 5.41) is 7.46. The molecule has 0 spiro atoms. The van der Waals surface area contributed by atoms with Crippen LogP contribution < -0.4 is 15.0 Å². The summed E-state index contributed by atoms with van der Waals surface area (Å²) < 4.78 is 6.87. The predicted molar refractivity (Wildman–Crippen MR) is 119 cm³/mol. The van der Waals surface area contributed by atoms with Crippen molar-refractivity contribution in [3.63, 3.8) is 0 Å². The van der Waals surface area contributed by atoms with Crippen LogP contribution >= 0.6 is 0 Å². The molecule has 8 heteroatoms. The number of aromatic nitrogens is 4. The van der Waals surface area contributed by atoms with Crippen LogP contribution in [0, 0.1) is 6.92 Å². The summed E-state index contributed by atoms with van der Waals surface area (Å²) in [5.41, 5.74) is 3.81. The van der Waals surface area contributed by atoms with Gasteiger partial charge in [-0.2, -0.15) is 5.10 Å². The molecule has 8 nitrogen and oxygen atoms in total. The van der Waals surface area contributed by atoms with Crippen molar-refractivity contribution < 1.29 is 9.53 Å². The molecule has 1 saturated heterocycles. The molecular weight excluding hydrogens is 392 g/mol. The zero-order valence-electron chi connectivity index (χ0n) is 18.3. The van der Waals surface area contributed by atoms with Crippen molar-refractivity contribution in [2.45, 2.75) is 32.7 Å². The third kappa shape index (κ3) is 4.84. The van der Waals surface area contributed by atoms with Gasteiger partial charge in [-0.3, -0.25) is 9.48 Å². The Morgan fingerprint density at radius 2 is 1.94 bits per heavy atom. The number of methoxy groups -OCH3 is 1. The first-order valence-corrected chi connectivity index (χ1v) is 10.6. The average Bonchev–Trinajstić information content (AvgIpc) is 3.19. The summed E-state index contributed by atoms with van der Waals surface area (Å²) in [5.74, 6) is 1.31. The normalized spacial score (nSPS) is 13.8. The topological polar surface area (TPSA) is 85.2 Å². The number of ether oxygens (including phenoxy) is 1. The number of rotatable bonds is 6. The van der Waals surface area contributed by atoms with Crippen molar-refractivity contribution in [1.82, 2.24) is 25.1 Å². The van der Waals surface area contributed by atoms with E-state index in [-0.39, 0.29) is 5.91 Å². The van der Waals surface area contributed by atoms with Gasteiger partial charge in [-0.25, -0.2) is 9.97 Å². The van der Waals surface area contributed by atoms with Gasteiger partial charge in [0, 0.05) is 31.4 Å². The molecule has 3 heterocycles. The van der Waals surface area contributed by atoms with Crippen molar-refractivity contribution in [3.05, 3.63) is 53.5 Å². The van der Waals surface area contributed by atoms with Gasteiger partial charge in [0.2, 0.25) is 5.95 Å². The predicted octanol–water partition coefficient (Wildman–Crippen LogP) is 3.11. The van der Waals surface area contributed by atoms with Gasteiger partial charge < -0.3 is 15.0 Å².